The lowest BCUT2D eigenvalue weighted by molar-refractivity contribution is -0.151. The van der Waals surface area contributed by atoms with Crippen LogP contribution in [0, 0.1) is 0 Å². The molecule has 0 aromatic heterocycles. The maximum absolute atomic E-state index is 13.3. The summed E-state index contributed by atoms with van der Waals surface area (Å²) in [6.07, 6.45) is 70.7. The lowest BCUT2D eigenvalue weighted by Gasteiger charge is -2.24. The summed E-state index contributed by atoms with van der Waals surface area (Å²) < 4.78 is 5.98. The fourth-order valence-corrected chi connectivity index (χ4v) is 9.69. The summed E-state index contributed by atoms with van der Waals surface area (Å²) in [4.78, 5) is 26.4. The number of hydrogen-bond donors (Lipinski definition) is 3. The highest BCUT2D eigenvalue weighted by Crippen LogP contribution is 2.19. The van der Waals surface area contributed by atoms with Crippen LogP contribution in [0.3, 0.4) is 0 Å². The van der Waals surface area contributed by atoms with Gasteiger partial charge in [-0.25, -0.2) is 0 Å². The Morgan fingerprint density at radius 1 is 0.414 bits per heavy atom. The first-order chi connectivity index (χ1) is 34.5. The van der Waals surface area contributed by atoms with Gasteiger partial charge in [0.1, 0.15) is 6.10 Å². The molecule has 0 spiro atoms. The molecule has 0 fully saturated rings. The van der Waals surface area contributed by atoms with Crippen molar-refractivity contribution in [2.75, 3.05) is 6.61 Å². The molecule has 0 saturated carbocycles. The number of amides is 1. The maximum Gasteiger partial charge on any atom is 0.306 e. The molecular weight excluding hydrogens is 863 g/mol. The predicted molar refractivity (Wildman–Crippen MR) is 306 cm³/mol. The molecule has 6 nitrogen and oxygen atoms in total. The van der Waals surface area contributed by atoms with Crippen molar-refractivity contribution in [3.63, 3.8) is 0 Å². The molecule has 0 saturated heterocycles. The molecule has 3 N–H and O–H groups in total. The molecule has 0 radical (unpaired) electrons. The summed E-state index contributed by atoms with van der Waals surface area (Å²) in [5.41, 5.74) is 0. The molecule has 0 heterocycles. The van der Waals surface area contributed by atoms with Crippen molar-refractivity contribution >= 4 is 11.9 Å². The van der Waals surface area contributed by atoms with E-state index in [-0.39, 0.29) is 24.9 Å². The third-order valence-electron chi connectivity index (χ3n) is 14.4. The highest BCUT2D eigenvalue weighted by Gasteiger charge is 2.24. The predicted octanol–water partition coefficient (Wildman–Crippen LogP) is 19.6. The second-order valence-electron chi connectivity index (χ2n) is 21.5. The van der Waals surface area contributed by atoms with Crippen LogP contribution in [0.25, 0.3) is 0 Å². The van der Waals surface area contributed by atoms with Gasteiger partial charge < -0.3 is 20.3 Å². The number of carbonyl (C=O) groups excluding carboxylic acids is 2. The number of ether oxygens (including phenoxy) is 1. The largest absolute Gasteiger partial charge is 0.462 e. The van der Waals surface area contributed by atoms with Crippen molar-refractivity contribution in [3.8, 4) is 0 Å². The van der Waals surface area contributed by atoms with E-state index in [1.165, 1.54) is 218 Å². The maximum atomic E-state index is 13.3. The topological polar surface area (TPSA) is 95.9 Å². The summed E-state index contributed by atoms with van der Waals surface area (Å²) >= 11 is 0. The average molecular weight is 985 g/mol. The van der Waals surface area contributed by atoms with Gasteiger partial charge in [0.05, 0.1) is 25.2 Å². The third kappa shape index (κ3) is 52.4. The van der Waals surface area contributed by atoms with Gasteiger partial charge in [-0.1, -0.05) is 276 Å². The van der Waals surface area contributed by atoms with Crippen LogP contribution < -0.4 is 5.32 Å². The Morgan fingerprint density at radius 2 is 0.729 bits per heavy atom. The zero-order valence-corrected chi connectivity index (χ0v) is 47.2. The molecule has 0 aromatic rings. The summed E-state index contributed by atoms with van der Waals surface area (Å²) in [6.45, 7) is 6.50. The average Bonchev–Trinajstić information content (AvgIpc) is 3.35. The van der Waals surface area contributed by atoms with Crippen molar-refractivity contribution in [2.45, 2.75) is 354 Å². The summed E-state index contributed by atoms with van der Waals surface area (Å²) in [5.74, 6) is -0.473. The molecule has 0 rings (SSSR count). The molecule has 3 atom stereocenters. The first kappa shape index (κ1) is 68.1. The molecule has 0 aromatic carbocycles. The lowest BCUT2D eigenvalue weighted by atomic mass is 10.0. The molecule has 0 aliphatic heterocycles. The van der Waals surface area contributed by atoms with Crippen LogP contribution >= 0.6 is 0 Å². The number of nitrogens with one attached hydrogen (secondary N) is 1. The fraction of sp³-hybridized carbons (Fsp3) is 0.875. The van der Waals surface area contributed by atoms with Crippen molar-refractivity contribution in [1.29, 1.82) is 0 Å². The molecule has 412 valence electrons. The Hall–Kier alpha value is -1.92. The number of allylic oxidation sites excluding steroid dienone is 6. The minimum atomic E-state index is -0.791. The van der Waals surface area contributed by atoms with Gasteiger partial charge in [0.15, 0.2) is 0 Å². The van der Waals surface area contributed by atoms with Gasteiger partial charge in [0.25, 0.3) is 0 Å². The number of carbonyl (C=O) groups is 2. The highest BCUT2D eigenvalue weighted by molar-refractivity contribution is 5.77. The number of esters is 1. The van der Waals surface area contributed by atoms with Gasteiger partial charge in [0, 0.05) is 6.42 Å². The number of hydrogen-bond acceptors (Lipinski definition) is 5. The molecule has 1 amide bonds. The lowest BCUT2D eigenvalue weighted by Crippen LogP contribution is -2.46. The van der Waals surface area contributed by atoms with E-state index in [4.69, 9.17) is 4.74 Å². The van der Waals surface area contributed by atoms with Gasteiger partial charge in [0.2, 0.25) is 5.91 Å². The number of aliphatic hydroxyl groups is 2. The molecule has 0 aliphatic carbocycles. The molecule has 0 aliphatic rings. The minimum Gasteiger partial charge on any atom is -0.462 e. The molecule has 6 heteroatoms. The van der Waals surface area contributed by atoms with Gasteiger partial charge >= 0.3 is 5.97 Å². The highest BCUT2D eigenvalue weighted by atomic mass is 16.5. The van der Waals surface area contributed by atoms with E-state index in [0.717, 1.165) is 70.6 Å². The van der Waals surface area contributed by atoms with Crippen LogP contribution in [-0.4, -0.2) is 46.9 Å². The van der Waals surface area contributed by atoms with Crippen molar-refractivity contribution in [1.82, 2.24) is 5.32 Å². The van der Waals surface area contributed by atoms with Crippen LogP contribution in [0.5, 0.6) is 0 Å². The SMILES string of the molecule is CCCCC/C=C\C/C=C\CCCCCCCCCC(CC(=O)NC(CO)C(O)CCCCCCCCCCCCCCCCCC)OC(=O)CCCCCCC/C=C/CCCCCCCCCCC. The van der Waals surface area contributed by atoms with E-state index >= 15 is 0 Å². The van der Waals surface area contributed by atoms with E-state index < -0.39 is 18.2 Å². The fourth-order valence-electron chi connectivity index (χ4n) is 9.69. The Kier molecular flexibility index (Phi) is 56.4. The third-order valence-corrected chi connectivity index (χ3v) is 14.4. The van der Waals surface area contributed by atoms with Gasteiger partial charge in [-0.3, -0.25) is 9.59 Å². The quantitative estimate of drug-likeness (QED) is 0.0321. The van der Waals surface area contributed by atoms with Crippen LogP contribution in [0.1, 0.15) is 335 Å². The van der Waals surface area contributed by atoms with Crippen LogP contribution in [0.4, 0.5) is 0 Å². The zero-order chi connectivity index (χ0) is 50.9. The smallest absolute Gasteiger partial charge is 0.306 e. The van der Waals surface area contributed by atoms with E-state index in [1.807, 2.05) is 0 Å². The van der Waals surface area contributed by atoms with Crippen molar-refractivity contribution < 1.29 is 24.5 Å². The van der Waals surface area contributed by atoms with Gasteiger partial charge in [-0.2, -0.15) is 0 Å². The Balaban J connectivity index is 4.55. The zero-order valence-electron chi connectivity index (χ0n) is 47.2. The summed E-state index contributed by atoms with van der Waals surface area (Å²) in [7, 11) is 0. The van der Waals surface area contributed by atoms with E-state index in [2.05, 4.69) is 62.5 Å². The summed E-state index contributed by atoms with van der Waals surface area (Å²) in [5, 5.41) is 24.0. The van der Waals surface area contributed by atoms with Crippen LogP contribution in [-0.2, 0) is 14.3 Å². The van der Waals surface area contributed by atoms with E-state index in [9.17, 15) is 19.8 Å². The van der Waals surface area contributed by atoms with Crippen molar-refractivity contribution in [3.05, 3.63) is 36.5 Å². The number of unbranched alkanes of at least 4 members (excludes halogenated alkanes) is 39. The second kappa shape index (κ2) is 58.0. The van der Waals surface area contributed by atoms with E-state index in [1.54, 1.807) is 0 Å². The Labute approximate surface area is 436 Å². The standard InChI is InChI=1S/C64H121NO5/c1-4-7-10-13-16-19-22-25-28-31-33-36-39-42-45-48-51-54-57-64(69)70-60(55-52-49-46-43-40-37-34-32-29-26-23-20-17-14-11-8-5-2)58-63(68)65-61(59-66)62(67)56-53-50-47-44-41-38-35-30-27-24-21-18-15-12-9-6-3/h17,20,26,29,33,36,60-62,66-67H,4-16,18-19,21-25,27-28,30-32,34-35,37-59H2,1-3H3,(H,65,68)/b20-17-,29-26-,36-33+. The molecule has 70 heavy (non-hydrogen) atoms. The van der Waals surface area contributed by atoms with Crippen LogP contribution in [0.2, 0.25) is 0 Å². The monoisotopic (exact) mass is 984 g/mol. The van der Waals surface area contributed by atoms with Crippen LogP contribution in [0.15, 0.2) is 36.5 Å². The summed E-state index contributed by atoms with van der Waals surface area (Å²) in [6, 6.07) is -0.706. The second-order valence-corrected chi connectivity index (χ2v) is 21.5. The Bertz CT molecular complexity index is 1150. The van der Waals surface area contributed by atoms with Gasteiger partial charge in [-0.15, -0.1) is 0 Å². The minimum absolute atomic E-state index is 0.0722. The van der Waals surface area contributed by atoms with Crippen molar-refractivity contribution in [2.24, 2.45) is 0 Å². The Morgan fingerprint density at radius 3 is 1.13 bits per heavy atom. The van der Waals surface area contributed by atoms with Gasteiger partial charge in [-0.05, 0) is 83.5 Å². The first-order valence-electron chi connectivity index (χ1n) is 31.2. The molecular formula is C64H121NO5. The normalized spacial score (nSPS) is 13.3. The first-order valence-corrected chi connectivity index (χ1v) is 31.2. The number of aliphatic hydroxyl groups excluding tert-OH is 2. The molecule has 0 bridgehead atoms. The molecule has 3 unspecified atom stereocenters. The van der Waals surface area contributed by atoms with E-state index in [0.29, 0.717) is 19.3 Å². The number of rotatable bonds is 57.